The number of nitrogens with one attached hydrogen (secondary N) is 2. The first-order chi connectivity index (χ1) is 8.16. The Hall–Kier alpha value is -1.88. The minimum Gasteiger partial charge on any atom is -0.347 e. The van der Waals surface area contributed by atoms with Crippen molar-refractivity contribution in [3.63, 3.8) is 0 Å². The molecule has 17 heavy (non-hydrogen) atoms. The van der Waals surface area contributed by atoms with E-state index in [0.717, 1.165) is 0 Å². The van der Waals surface area contributed by atoms with Gasteiger partial charge in [-0.15, -0.1) is 0 Å². The third-order valence-electron chi connectivity index (χ3n) is 2.22. The van der Waals surface area contributed by atoms with E-state index in [1.165, 1.54) is 0 Å². The summed E-state index contributed by atoms with van der Waals surface area (Å²) >= 11 is 5.72. The average Bonchev–Trinajstić information content (AvgIpc) is 2.82. The zero-order valence-corrected chi connectivity index (χ0v) is 9.90. The Labute approximate surface area is 103 Å². The SMILES string of the molecule is CC(NC(=O)c1cccc(Cl)n1)c1ncc[nH]1. The van der Waals surface area contributed by atoms with Crippen LogP contribution in [0.2, 0.25) is 5.15 Å². The Bertz CT molecular complexity index is 512. The number of aromatic nitrogens is 3. The summed E-state index contributed by atoms with van der Waals surface area (Å²) in [5.41, 5.74) is 0.288. The lowest BCUT2D eigenvalue weighted by molar-refractivity contribution is 0.0933. The van der Waals surface area contributed by atoms with Crippen molar-refractivity contribution in [1.29, 1.82) is 0 Å². The van der Waals surface area contributed by atoms with Gasteiger partial charge in [-0.25, -0.2) is 9.97 Å². The predicted octanol–water partition coefficient (Wildman–Crippen LogP) is 1.95. The first-order valence-electron chi connectivity index (χ1n) is 5.09. The molecule has 2 aromatic heterocycles. The van der Waals surface area contributed by atoms with Crippen molar-refractivity contribution in [3.8, 4) is 0 Å². The van der Waals surface area contributed by atoms with Crippen LogP contribution in [0.4, 0.5) is 0 Å². The van der Waals surface area contributed by atoms with Crippen LogP contribution in [0.15, 0.2) is 30.6 Å². The van der Waals surface area contributed by atoms with Gasteiger partial charge in [0.05, 0.1) is 6.04 Å². The van der Waals surface area contributed by atoms with Crippen molar-refractivity contribution >= 4 is 17.5 Å². The molecule has 2 aromatic rings. The summed E-state index contributed by atoms with van der Waals surface area (Å²) in [5, 5.41) is 3.07. The minimum absolute atomic E-state index is 0.210. The van der Waals surface area contributed by atoms with Gasteiger partial charge >= 0.3 is 0 Å². The highest BCUT2D eigenvalue weighted by atomic mass is 35.5. The number of imidazole rings is 1. The predicted molar refractivity (Wildman–Crippen MR) is 63.7 cm³/mol. The van der Waals surface area contributed by atoms with Gasteiger partial charge in [-0.1, -0.05) is 17.7 Å². The summed E-state index contributed by atoms with van der Waals surface area (Å²) in [6, 6.07) is 4.70. The van der Waals surface area contributed by atoms with Gasteiger partial charge in [0.1, 0.15) is 16.7 Å². The van der Waals surface area contributed by atoms with Crippen LogP contribution in [-0.2, 0) is 0 Å². The van der Waals surface area contributed by atoms with Gasteiger partial charge in [-0.2, -0.15) is 0 Å². The van der Waals surface area contributed by atoms with Crippen LogP contribution in [0.25, 0.3) is 0 Å². The van der Waals surface area contributed by atoms with E-state index in [9.17, 15) is 4.79 Å². The fourth-order valence-electron chi connectivity index (χ4n) is 1.39. The Morgan fingerprint density at radius 1 is 1.53 bits per heavy atom. The topological polar surface area (TPSA) is 70.7 Å². The number of H-pyrrole nitrogens is 1. The number of carbonyl (C=O) groups excluding carboxylic acids is 1. The molecule has 0 aliphatic carbocycles. The number of aromatic amines is 1. The molecule has 1 amide bonds. The van der Waals surface area contributed by atoms with Gasteiger partial charge in [-0.05, 0) is 19.1 Å². The molecular formula is C11H11ClN4O. The van der Waals surface area contributed by atoms with E-state index in [1.807, 2.05) is 6.92 Å². The molecule has 1 unspecified atom stereocenters. The molecule has 0 radical (unpaired) electrons. The van der Waals surface area contributed by atoms with Crippen molar-refractivity contribution in [2.45, 2.75) is 13.0 Å². The number of nitrogens with zero attached hydrogens (tertiary/aromatic N) is 2. The Morgan fingerprint density at radius 2 is 2.35 bits per heavy atom. The van der Waals surface area contributed by atoms with Crippen LogP contribution in [0.1, 0.15) is 29.3 Å². The van der Waals surface area contributed by atoms with Crippen LogP contribution in [0.3, 0.4) is 0 Å². The highest BCUT2D eigenvalue weighted by Gasteiger charge is 2.13. The molecule has 2 N–H and O–H groups in total. The molecule has 0 aliphatic heterocycles. The summed E-state index contributed by atoms with van der Waals surface area (Å²) in [7, 11) is 0. The molecular weight excluding hydrogens is 240 g/mol. The number of hydrogen-bond donors (Lipinski definition) is 2. The molecule has 0 bridgehead atoms. The normalized spacial score (nSPS) is 12.1. The van der Waals surface area contributed by atoms with E-state index < -0.39 is 0 Å². The summed E-state index contributed by atoms with van der Waals surface area (Å²) < 4.78 is 0. The quantitative estimate of drug-likeness (QED) is 0.818. The molecule has 6 heteroatoms. The largest absolute Gasteiger partial charge is 0.347 e. The fourth-order valence-corrected chi connectivity index (χ4v) is 1.55. The highest BCUT2D eigenvalue weighted by molar-refractivity contribution is 6.29. The third-order valence-corrected chi connectivity index (χ3v) is 2.44. The van der Waals surface area contributed by atoms with Gasteiger partial charge in [0.15, 0.2) is 0 Å². The lowest BCUT2D eigenvalue weighted by Crippen LogP contribution is -2.28. The third kappa shape index (κ3) is 2.82. The number of carbonyl (C=O) groups is 1. The number of rotatable bonds is 3. The fraction of sp³-hybridized carbons (Fsp3) is 0.182. The summed E-state index contributed by atoms with van der Waals surface area (Å²) in [6.07, 6.45) is 3.34. The molecule has 88 valence electrons. The second-order valence-electron chi connectivity index (χ2n) is 3.52. The van der Waals surface area contributed by atoms with Crippen molar-refractivity contribution in [2.75, 3.05) is 0 Å². The smallest absolute Gasteiger partial charge is 0.270 e. The minimum atomic E-state index is -0.281. The molecule has 5 nitrogen and oxygen atoms in total. The average molecular weight is 251 g/mol. The standard InChI is InChI=1S/C11H11ClN4O/c1-7(10-13-5-6-14-10)15-11(17)8-3-2-4-9(12)16-8/h2-7H,1H3,(H,13,14)(H,15,17). The first-order valence-corrected chi connectivity index (χ1v) is 5.47. The first kappa shape index (κ1) is 11.6. The summed E-state index contributed by atoms with van der Waals surface area (Å²) in [5.74, 6) is 0.414. The molecule has 0 saturated heterocycles. The maximum atomic E-state index is 11.8. The number of halogens is 1. The second-order valence-corrected chi connectivity index (χ2v) is 3.90. The second kappa shape index (κ2) is 4.97. The van der Waals surface area contributed by atoms with Crippen LogP contribution < -0.4 is 5.32 Å². The van der Waals surface area contributed by atoms with Gasteiger partial charge < -0.3 is 10.3 Å². The zero-order valence-electron chi connectivity index (χ0n) is 9.14. The summed E-state index contributed by atoms with van der Waals surface area (Å²) in [6.45, 7) is 1.83. The number of hydrogen-bond acceptors (Lipinski definition) is 3. The van der Waals surface area contributed by atoms with Crippen LogP contribution >= 0.6 is 11.6 Å². The molecule has 1 atom stereocenters. The van der Waals surface area contributed by atoms with Crippen molar-refractivity contribution in [3.05, 3.63) is 47.3 Å². The van der Waals surface area contributed by atoms with E-state index in [4.69, 9.17) is 11.6 Å². The Kier molecular flexibility index (Phi) is 3.39. The monoisotopic (exact) mass is 250 g/mol. The van der Waals surface area contributed by atoms with E-state index >= 15 is 0 Å². The molecule has 0 saturated carbocycles. The van der Waals surface area contributed by atoms with Crippen LogP contribution in [0.5, 0.6) is 0 Å². The zero-order chi connectivity index (χ0) is 12.3. The van der Waals surface area contributed by atoms with E-state index in [0.29, 0.717) is 11.0 Å². The maximum Gasteiger partial charge on any atom is 0.270 e. The molecule has 0 fully saturated rings. The lowest BCUT2D eigenvalue weighted by Gasteiger charge is -2.10. The lowest BCUT2D eigenvalue weighted by atomic mass is 10.3. The van der Waals surface area contributed by atoms with E-state index in [2.05, 4.69) is 20.3 Å². The molecule has 2 rings (SSSR count). The van der Waals surface area contributed by atoms with Gasteiger partial charge in [0.25, 0.3) is 5.91 Å². The maximum absolute atomic E-state index is 11.8. The van der Waals surface area contributed by atoms with Crippen LogP contribution in [-0.4, -0.2) is 20.9 Å². The Balaban J connectivity index is 2.07. The molecule has 0 aliphatic rings. The van der Waals surface area contributed by atoms with Crippen LogP contribution in [0, 0.1) is 0 Å². The van der Waals surface area contributed by atoms with E-state index in [-0.39, 0.29) is 17.6 Å². The van der Waals surface area contributed by atoms with Crippen molar-refractivity contribution in [1.82, 2.24) is 20.3 Å². The number of amides is 1. The summed E-state index contributed by atoms with van der Waals surface area (Å²) in [4.78, 5) is 22.8. The molecule has 0 spiro atoms. The van der Waals surface area contributed by atoms with Crippen molar-refractivity contribution < 1.29 is 4.79 Å². The number of pyridine rings is 1. The van der Waals surface area contributed by atoms with E-state index in [1.54, 1.807) is 30.6 Å². The van der Waals surface area contributed by atoms with Crippen molar-refractivity contribution in [2.24, 2.45) is 0 Å². The molecule has 0 aromatic carbocycles. The highest BCUT2D eigenvalue weighted by Crippen LogP contribution is 2.09. The molecule has 2 heterocycles. The Morgan fingerprint density at radius 3 is 3.00 bits per heavy atom. The van der Waals surface area contributed by atoms with Gasteiger partial charge in [-0.3, -0.25) is 4.79 Å². The van der Waals surface area contributed by atoms with Gasteiger partial charge in [0.2, 0.25) is 0 Å². The van der Waals surface area contributed by atoms with Gasteiger partial charge in [0, 0.05) is 12.4 Å².